The molecule has 0 fully saturated rings. The molecule has 2 aromatic rings. The third-order valence-corrected chi connectivity index (χ3v) is 3.21. The molecule has 5 heteroatoms. The zero-order valence-corrected chi connectivity index (χ0v) is 11.8. The number of hydrogen-bond acceptors (Lipinski definition) is 2. The fraction of sp³-hybridized carbons (Fsp3) is 0.200. The third-order valence-electron chi connectivity index (χ3n) is 2.98. The normalized spacial score (nSPS) is 12.1. The summed E-state index contributed by atoms with van der Waals surface area (Å²) in [4.78, 5) is 0. The summed E-state index contributed by atoms with van der Waals surface area (Å²) in [5.41, 5.74) is 0.706. The molecule has 106 valence electrons. The van der Waals surface area contributed by atoms with Crippen molar-refractivity contribution in [1.82, 2.24) is 0 Å². The summed E-state index contributed by atoms with van der Waals surface area (Å²) in [6.45, 7) is 1.75. The van der Waals surface area contributed by atoms with E-state index >= 15 is 0 Å². The zero-order chi connectivity index (χ0) is 14.7. The van der Waals surface area contributed by atoms with Crippen molar-refractivity contribution in [1.29, 1.82) is 0 Å². The van der Waals surface area contributed by atoms with Crippen molar-refractivity contribution in [2.75, 3.05) is 12.4 Å². The number of rotatable bonds is 4. The number of methoxy groups -OCH3 is 1. The Labute approximate surface area is 121 Å². The van der Waals surface area contributed by atoms with Crippen molar-refractivity contribution in [3.63, 3.8) is 0 Å². The minimum Gasteiger partial charge on any atom is -0.497 e. The maximum atomic E-state index is 13.9. The Morgan fingerprint density at radius 1 is 1.10 bits per heavy atom. The highest BCUT2D eigenvalue weighted by atomic mass is 35.5. The molecule has 0 saturated carbocycles. The van der Waals surface area contributed by atoms with Crippen LogP contribution >= 0.6 is 11.6 Å². The molecule has 0 aliphatic rings. The van der Waals surface area contributed by atoms with Gasteiger partial charge in [-0.05, 0) is 31.2 Å². The van der Waals surface area contributed by atoms with Gasteiger partial charge >= 0.3 is 0 Å². The maximum Gasteiger partial charge on any atom is 0.147 e. The molecule has 0 spiro atoms. The zero-order valence-electron chi connectivity index (χ0n) is 11.1. The van der Waals surface area contributed by atoms with Crippen LogP contribution in [-0.4, -0.2) is 7.11 Å². The Morgan fingerprint density at radius 3 is 2.45 bits per heavy atom. The number of nitrogens with one attached hydrogen (secondary N) is 1. The first-order valence-electron chi connectivity index (χ1n) is 6.06. The number of benzene rings is 2. The summed E-state index contributed by atoms with van der Waals surface area (Å²) in [6, 6.07) is 8.48. The van der Waals surface area contributed by atoms with Crippen LogP contribution in [0.4, 0.5) is 14.5 Å². The first kappa shape index (κ1) is 14.6. The van der Waals surface area contributed by atoms with Crippen LogP contribution < -0.4 is 10.1 Å². The van der Waals surface area contributed by atoms with Gasteiger partial charge in [-0.25, -0.2) is 8.78 Å². The van der Waals surface area contributed by atoms with E-state index in [9.17, 15) is 8.78 Å². The average Bonchev–Trinajstić information content (AvgIpc) is 2.41. The minimum absolute atomic E-state index is 0.275. The molecule has 0 heterocycles. The fourth-order valence-corrected chi connectivity index (χ4v) is 2.06. The highest BCUT2D eigenvalue weighted by Gasteiger charge is 2.13. The topological polar surface area (TPSA) is 21.3 Å². The molecule has 2 rings (SSSR count). The lowest BCUT2D eigenvalue weighted by Crippen LogP contribution is -2.09. The van der Waals surface area contributed by atoms with Crippen LogP contribution in [0.2, 0.25) is 5.02 Å². The molecule has 0 bridgehead atoms. The van der Waals surface area contributed by atoms with Crippen molar-refractivity contribution < 1.29 is 13.5 Å². The van der Waals surface area contributed by atoms with Gasteiger partial charge in [0.1, 0.15) is 17.4 Å². The standard InChI is InChI=1S/C15H14ClF2NO/c1-9(12-5-4-11(20-2)8-13(12)17)19-15-6-3-10(16)7-14(15)18/h3-9,19H,1-2H3. The fourth-order valence-electron chi connectivity index (χ4n) is 1.90. The van der Waals surface area contributed by atoms with Crippen LogP contribution in [0.3, 0.4) is 0 Å². The van der Waals surface area contributed by atoms with E-state index in [0.29, 0.717) is 16.3 Å². The highest BCUT2D eigenvalue weighted by Crippen LogP contribution is 2.27. The van der Waals surface area contributed by atoms with Crippen LogP contribution in [0.5, 0.6) is 5.75 Å². The molecule has 0 aliphatic heterocycles. The Hall–Kier alpha value is -1.81. The van der Waals surface area contributed by atoms with Crippen LogP contribution in [0, 0.1) is 11.6 Å². The van der Waals surface area contributed by atoms with Gasteiger partial charge < -0.3 is 10.1 Å². The largest absolute Gasteiger partial charge is 0.497 e. The van der Waals surface area contributed by atoms with Crippen molar-refractivity contribution in [2.45, 2.75) is 13.0 Å². The maximum absolute atomic E-state index is 13.9. The number of hydrogen-bond donors (Lipinski definition) is 1. The molecular formula is C15H14ClF2NO. The minimum atomic E-state index is -0.474. The third kappa shape index (κ3) is 3.20. The van der Waals surface area contributed by atoms with Gasteiger partial charge in [-0.15, -0.1) is 0 Å². The van der Waals surface area contributed by atoms with Crippen LogP contribution in [0.1, 0.15) is 18.5 Å². The molecule has 2 nitrogen and oxygen atoms in total. The molecule has 0 amide bonds. The molecule has 0 radical (unpaired) electrons. The molecule has 1 atom stereocenters. The van der Waals surface area contributed by atoms with E-state index in [-0.39, 0.29) is 5.69 Å². The number of ether oxygens (including phenoxy) is 1. The highest BCUT2D eigenvalue weighted by molar-refractivity contribution is 6.30. The first-order chi connectivity index (χ1) is 9.51. The van der Waals surface area contributed by atoms with Gasteiger partial charge in [-0.3, -0.25) is 0 Å². The van der Waals surface area contributed by atoms with Gasteiger partial charge in [0.2, 0.25) is 0 Å². The Morgan fingerprint density at radius 2 is 1.85 bits per heavy atom. The molecule has 2 aromatic carbocycles. The van der Waals surface area contributed by atoms with Crippen LogP contribution in [0.25, 0.3) is 0 Å². The quantitative estimate of drug-likeness (QED) is 0.875. The molecule has 0 saturated heterocycles. The van der Waals surface area contributed by atoms with Crippen LogP contribution in [-0.2, 0) is 0 Å². The smallest absolute Gasteiger partial charge is 0.147 e. The summed E-state index contributed by atoms with van der Waals surface area (Å²) in [7, 11) is 1.47. The molecular weight excluding hydrogens is 284 g/mol. The van der Waals surface area contributed by atoms with E-state index in [0.717, 1.165) is 0 Å². The predicted molar refractivity (Wildman–Crippen MR) is 76.4 cm³/mol. The van der Waals surface area contributed by atoms with E-state index in [1.807, 2.05) is 0 Å². The van der Waals surface area contributed by atoms with E-state index in [1.165, 1.54) is 25.3 Å². The number of anilines is 1. The van der Waals surface area contributed by atoms with E-state index in [2.05, 4.69) is 5.32 Å². The summed E-state index contributed by atoms with van der Waals surface area (Å²) in [6.07, 6.45) is 0. The number of halogens is 3. The van der Waals surface area contributed by atoms with Gasteiger partial charge in [-0.2, -0.15) is 0 Å². The second-order valence-electron chi connectivity index (χ2n) is 4.38. The van der Waals surface area contributed by atoms with E-state index in [1.54, 1.807) is 25.1 Å². The first-order valence-corrected chi connectivity index (χ1v) is 6.44. The van der Waals surface area contributed by atoms with Crippen molar-refractivity contribution in [3.8, 4) is 5.75 Å². The van der Waals surface area contributed by atoms with Crippen LogP contribution in [0.15, 0.2) is 36.4 Å². The lowest BCUT2D eigenvalue weighted by atomic mass is 10.1. The predicted octanol–water partition coefficient (Wildman–Crippen LogP) is 4.80. The molecule has 1 N–H and O–H groups in total. The lowest BCUT2D eigenvalue weighted by molar-refractivity contribution is 0.410. The monoisotopic (exact) mass is 297 g/mol. The van der Waals surface area contributed by atoms with E-state index < -0.39 is 17.7 Å². The van der Waals surface area contributed by atoms with Gasteiger partial charge in [0.15, 0.2) is 0 Å². The molecule has 0 aromatic heterocycles. The average molecular weight is 298 g/mol. The summed E-state index contributed by atoms with van der Waals surface area (Å²) in [5, 5.41) is 3.23. The second-order valence-corrected chi connectivity index (χ2v) is 4.81. The summed E-state index contributed by atoms with van der Waals surface area (Å²) < 4.78 is 32.6. The van der Waals surface area contributed by atoms with E-state index in [4.69, 9.17) is 16.3 Å². The van der Waals surface area contributed by atoms with Gasteiger partial charge in [0, 0.05) is 16.7 Å². The van der Waals surface area contributed by atoms with Crippen molar-refractivity contribution in [3.05, 3.63) is 58.6 Å². The van der Waals surface area contributed by atoms with Gasteiger partial charge in [-0.1, -0.05) is 17.7 Å². The summed E-state index contributed by atoms with van der Waals surface area (Å²) >= 11 is 5.69. The Balaban J connectivity index is 2.21. The van der Waals surface area contributed by atoms with Gasteiger partial charge in [0.25, 0.3) is 0 Å². The SMILES string of the molecule is COc1ccc(C(C)Nc2ccc(Cl)cc2F)c(F)c1. The molecule has 20 heavy (non-hydrogen) atoms. The Kier molecular flexibility index (Phi) is 4.45. The van der Waals surface area contributed by atoms with Gasteiger partial charge in [0.05, 0.1) is 18.8 Å². The Bertz CT molecular complexity index is 619. The lowest BCUT2D eigenvalue weighted by Gasteiger charge is -2.17. The van der Waals surface area contributed by atoms with Crippen molar-refractivity contribution >= 4 is 17.3 Å². The second kappa shape index (κ2) is 6.09. The molecule has 1 unspecified atom stereocenters. The molecule has 0 aliphatic carbocycles. The van der Waals surface area contributed by atoms with Crippen molar-refractivity contribution in [2.24, 2.45) is 0 Å². The summed E-state index contributed by atoms with van der Waals surface area (Å²) in [5.74, 6) is -0.437.